The van der Waals surface area contributed by atoms with E-state index < -0.39 is 17.9 Å². The summed E-state index contributed by atoms with van der Waals surface area (Å²) in [6.45, 7) is 0. The van der Waals surface area contributed by atoms with E-state index in [-0.39, 0.29) is 23.5 Å². The minimum Gasteiger partial charge on any atom is -0.300 e. The Kier molecular flexibility index (Phi) is 4.88. The van der Waals surface area contributed by atoms with Gasteiger partial charge in [0.15, 0.2) is 0 Å². The Morgan fingerprint density at radius 2 is 1.38 bits per heavy atom. The van der Waals surface area contributed by atoms with Crippen LogP contribution < -0.4 is 0 Å². The Bertz CT molecular complexity index is 736. The normalized spacial score (nSPS) is 21.7. The van der Waals surface area contributed by atoms with Crippen LogP contribution in [0.25, 0.3) is 0 Å². The molecule has 1 fully saturated rings. The lowest BCUT2D eigenvalue weighted by Gasteiger charge is -2.32. The third-order valence-electron chi connectivity index (χ3n) is 4.52. The van der Waals surface area contributed by atoms with E-state index in [1.807, 2.05) is 0 Å². The topological polar surface area (TPSA) is 60.2 Å². The molecule has 0 N–H and O–H groups in total. The van der Waals surface area contributed by atoms with E-state index >= 15 is 0 Å². The molecule has 1 saturated carbocycles. The number of halogens is 2. The molecular formula is C18H15Cl2NO3. The fourth-order valence-corrected chi connectivity index (χ4v) is 3.89. The standard InChI is InChI=1S/C18H15Cl2NO3/c19-13-5-1-3-11(7-13)16-9-15(22)10-17(18(16)21(23)24)12-4-2-6-14(20)8-12/h1-8,16-18H,9-10H2/t16-,17-/m0/s1. The van der Waals surface area contributed by atoms with Crippen LogP contribution in [0.1, 0.15) is 35.8 Å². The monoisotopic (exact) mass is 363 g/mol. The van der Waals surface area contributed by atoms with Crippen LogP contribution in [0, 0.1) is 10.1 Å². The van der Waals surface area contributed by atoms with Crippen LogP contribution in [-0.2, 0) is 4.79 Å². The predicted molar refractivity (Wildman–Crippen MR) is 93.4 cm³/mol. The van der Waals surface area contributed by atoms with Gasteiger partial charge in [0.05, 0.1) is 11.8 Å². The summed E-state index contributed by atoms with van der Waals surface area (Å²) in [5.41, 5.74) is 1.45. The summed E-state index contributed by atoms with van der Waals surface area (Å²) < 4.78 is 0. The van der Waals surface area contributed by atoms with Gasteiger partial charge in [-0.2, -0.15) is 0 Å². The maximum atomic E-state index is 12.3. The summed E-state index contributed by atoms with van der Waals surface area (Å²) >= 11 is 12.1. The van der Waals surface area contributed by atoms with Gasteiger partial charge in [-0.05, 0) is 35.4 Å². The molecule has 0 spiro atoms. The van der Waals surface area contributed by atoms with Crippen molar-refractivity contribution >= 4 is 29.0 Å². The van der Waals surface area contributed by atoms with Gasteiger partial charge in [0.25, 0.3) is 0 Å². The molecule has 4 nitrogen and oxygen atoms in total. The second-order valence-corrected chi connectivity index (χ2v) is 6.92. The zero-order valence-corrected chi connectivity index (χ0v) is 14.2. The molecule has 2 aromatic carbocycles. The van der Waals surface area contributed by atoms with E-state index in [0.29, 0.717) is 10.0 Å². The summed E-state index contributed by atoms with van der Waals surface area (Å²) in [7, 11) is 0. The first kappa shape index (κ1) is 16.9. The van der Waals surface area contributed by atoms with Crippen LogP contribution in [0.2, 0.25) is 10.0 Å². The zero-order valence-electron chi connectivity index (χ0n) is 12.7. The fourth-order valence-electron chi connectivity index (χ4n) is 3.49. The Morgan fingerprint density at radius 1 is 0.917 bits per heavy atom. The third kappa shape index (κ3) is 3.45. The molecule has 2 atom stereocenters. The Labute approximate surface area is 149 Å². The van der Waals surface area contributed by atoms with Crippen LogP contribution in [0.4, 0.5) is 0 Å². The molecule has 0 aromatic heterocycles. The third-order valence-corrected chi connectivity index (χ3v) is 4.99. The summed E-state index contributed by atoms with van der Waals surface area (Å²) in [6, 6.07) is 13.0. The second-order valence-electron chi connectivity index (χ2n) is 6.05. The van der Waals surface area contributed by atoms with Crippen LogP contribution in [0.3, 0.4) is 0 Å². The molecule has 3 rings (SSSR count). The van der Waals surface area contributed by atoms with Gasteiger partial charge in [-0.3, -0.25) is 14.9 Å². The van der Waals surface area contributed by atoms with Crippen LogP contribution in [0.5, 0.6) is 0 Å². The summed E-state index contributed by atoms with van der Waals surface area (Å²) in [6.07, 6.45) is 0.312. The van der Waals surface area contributed by atoms with Crippen molar-refractivity contribution in [1.82, 2.24) is 0 Å². The average Bonchev–Trinajstić information content (AvgIpc) is 2.53. The first-order valence-corrected chi connectivity index (χ1v) is 8.37. The van der Waals surface area contributed by atoms with E-state index in [2.05, 4.69) is 0 Å². The lowest BCUT2D eigenvalue weighted by Crippen LogP contribution is -2.40. The number of hydrogen-bond acceptors (Lipinski definition) is 3. The second kappa shape index (κ2) is 6.91. The quantitative estimate of drug-likeness (QED) is 0.577. The van der Waals surface area contributed by atoms with Crippen molar-refractivity contribution in [3.8, 4) is 0 Å². The Balaban J connectivity index is 2.05. The minimum atomic E-state index is -0.889. The van der Waals surface area contributed by atoms with Gasteiger partial charge in [-0.15, -0.1) is 0 Å². The SMILES string of the molecule is O=C1C[C@@H](c2cccc(Cl)c2)C([N+](=O)[O-])[C@H](c2cccc(Cl)c2)C1. The number of benzene rings is 2. The van der Waals surface area contributed by atoms with Crippen molar-refractivity contribution in [2.45, 2.75) is 30.7 Å². The average molecular weight is 364 g/mol. The number of nitrogens with zero attached hydrogens (tertiary/aromatic N) is 1. The van der Waals surface area contributed by atoms with Gasteiger partial charge < -0.3 is 0 Å². The maximum Gasteiger partial charge on any atom is 0.227 e. The molecule has 0 aliphatic heterocycles. The number of hydrogen-bond donors (Lipinski definition) is 0. The van der Waals surface area contributed by atoms with Gasteiger partial charge in [0.2, 0.25) is 6.04 Å². The molecule has 6 heteroatoms. The van der Waals surface area contributed by atoms with Crippen molar-refractivity contribution < 1.29 is 9.72 Å². The van der Waals surface area contributed by atoms with E-state index in [9.17, 15) is 14.9 Å². The molecule has 0 radical (unpaired) electrons. The van der Waals surface area contributed by atoms with Crippen LogP contribution in [0.15, 0.2) is 48.5 Å². The van der Waals surface area contributed by atoms with E-state index in [1.54, 1.807) is 48.5 Å². The number of Topliss-reactive ketones (excluding diaryl/α,β-unsaturated/α-hetero) is 1. The smallest absolute Gasteiger partial charge is 0.227 e. The lowest BCUT2D eigenvalue weighted by atomic mass is 9.71. The predicted octanol–water partition coefficient (Wildman–Crippen LogP) is 4.87. The highest BCUT2D eigenvalue weighted by atomic mass is 35.5. The van der Waals surface area contributed by atoms with Crippen molar-refractivity contribution in [2.24, 2.45) is 0 Å². The molecule has 1 aliphatic rings. The molecule has 0 heterocycles. The molecule has 1 aliphatic carbocycles. The van der Waals surface area contributed by atoms with Crippen molar-refractivity contribution in [2.75, 3.05) is 0 Å². The number of ketones is 1. The van der Waals surface area contributed by atoms with Crippen molar-refractivity contribution in [3.05, 3.63) is 79.8 Å². The maximum absolute atomic E-state index is 12.3. The largest absolute Gasteiger partial charge is 0.300 e. The number of nitro groups is 1. The highest BCUT2D eigenvalue weighted by Crippen LogP contribution is 2.42. The summed E-state index contributed by atoms with van der Waals surface area (Å²) in [4.78, 5) is 23.8. The van der Waals surface area contributed by atoms with Crippen molar-refractivity contribution in [1.29, 1.82) is 0 Å². The number of carbonyl (C=O) groups is 1. The number of carbonyl (C=O) groups excluding carboxylic acids is 1. The molecule has 2 aromatic rings. The van der Waals surface area contributed by atoms with Gasteiger partial charge in [-0.25, -0.2) is 0 Å². The molecular weight excluding hydrogens is 349 g/mol. The summed E-state index contributed by atoms with van der Waals surface area (Å²) in [5.74, 6) is -0.976. The van der Waals surface area contributed by atoms with Gasteiger partial charge in [0, 0.05) is 27.8 Å². The molecule has 24 heavy (non-hydrogen) atoms. The molecule has 0 bridgehead atoms. The molecule has 0 saturated heterocycles. The van der Waals surface area contributed by atoms with Gasteiger partial charge >= 0.3 is 0 Å². The van der Waals surface area contributed by atoms with Crippen LogP contribution in [-0.4, -0.2) is 16.7 Å². The highest BCUT2D eigenvalue weighted by Gasteiger charge is 2.46. The molecule has 0 amide bonds. The van der Waals surface area contributed by atoms with E-state index in [4.69, 9.17) is 23.2 Å². The van der Waals surface area contributed by atoms with Crippen molar-refractivity contribution in [3.63, 3.8) is 0 Å². The lowest BCUT2D eigenvalue weighted by molar-refractivity contribution is -0.532. The first-order valence-electron chi connectivity index (χ1n) is 7.62. The highest BCUT2D eigenvalue weighted by molar-refractivity contribution is 6.30. The van der Waals surface area contributed by atoms with E-state index in [0.717, 1.165) is 11.1 Å². The van der Waals surface area contributed by atoms with E-state index in [1.165, 1.54) is 0 Å². The Morgan fingerprint density at radius 3 is 1.75 bits per heavy atom. The molecule has 0 unspecified atom stereocenters. The molecule has 124 valence electrons. The van der Waals surface area contributed by atoms with Gasteiger partial charge in [0.1, 0.15) is 5.78 Å². The van der Waals surface area contributed by atoms with Gasteiger partial charge in [-0.1, -0.05) is 47.5 Å². The zero-order chi connectivity index (χ0) is 17.3. The fraction of sp³-hybridized carbons (Fsp3) is 0.278. The first-order chi connectivity index (χ1) is 11.5. The Hall–Kier alpha value is -1.91. The summed E-state index contributed by atoms with van der Waals surface area (Å²) in [5, 5.41) is 12.8. The van der Waals surface area contributed by atoms with Crippen LogP contribution >= 0.6 is 23.2 Å². The minimum absolute atomic E-state index is 0.0167. The number of rotatable bonds is 3.